The van der Waals surface area contributed by atoms with Crippen LogP contribution in [0.25, 0.3) is 0 Å². The predicted octanol–water partition coefficient (Wildman–Crippen LogP) is 1.57. The maximum atomic E-state index is 9.76. The molecule has 0 saturated carbocycles. The molecule has 1 aromatic rings. The lowest BCUT2D eigenvalue weighted by Gasteiger charge is -2.20. The van der Waals surface area contributed by atoms with Crippen molar-refractivity contribution < 1.29 is 19.3 Å². The van der Waals surface area contributed by atoms with Crippen LogP contribution in [-0.2, 0) is 0 Å². The fourth-order valence-corrected chi connectivity index (χ4v) is 1.61. The van der Waals surface area contributed by atoms with Crippen molar-refractivity contribution in [1.82, 2.24) is 0 Å². The van der Waals surface area contributed by atoms with E-state index in [1.807, 2.05) is 0 Å². The smallest absolute Gasteiger partial charge is 0.126 e. The highest BCUT2D eigenvalue weighted by Crippen LogP contribution is 2.27. The van der Waals surface area contributed by atoms with Crippen LogP contribution >= 0.6 is 0 Å². The van der Waals surface area contributed by atoms with E-state index in [9.17, 15) is 5.11 Å². The SMILES string of the molecule is COc1cc(OC)cc(OCCCC(C)(O)CN)c1. The molecule has 0 spiro atoms. The molecule has 1 unspecified atom stereocenters. The van der Waals surface area contributed by atoms with Crippen LogP contribution < -0.4 is 19.9 Å². The molecule has 1 atom stereocenters. The first-order valence-corrected chi connectivity index (χ1v) is 6.29. The first kappa shape index (κ1) is 15.6. The van der Waals surface area contributed by atoms with Gasteiger partial charge < -0.3 is 25.1 Å². The normalized spacial score (nSPS) is 13.7. The Bertz CT molecular complexity index is 371. The van der Waals surface area contributed by atoms with Crippen LogP contribution in [0.1, 0.15) is 19.8 Å². The molecule has 0 amide bonds. The van der Waals surface area contributed by atoms with E-state index in [0.717, 1.165) is 6.42 Å². The molecule has 0 saturated heterocycles. The summed E-state index contributed by atoms with van der Waals surface area (Å²) in [5.74, 6) is 2.05. The lowest BCUT2D eigenvalue weighted by molar-refractivity contribution is 0.0535. The highest BCUT2D eigenvalue weighted by molar-refractivity contribution is 5.41. The van der Waals surface area contributed by atoms with Gasteiger partial charge in [0, 0.05) is 24.7 Å². The second kappa shape index (κ2) is 7.21. The van der Waals surface area contributed by atoms with Gasteiger partial charge in [0.1, 0.15) is 17.2 Å². The van der Waals surface area contributed by atoms with Gasteiger partial charge in [-0.05, 0) is 19.8 Å². The van der Waals surface area contributed by atoms with E-state index in [0.29, 0.717) is 30.3 Å². The van der Waals surface area contributed by atoms with E-state index in [4.69, 9.17) is 19.9 Å². The highest BCUT2D eigenvalue weighted by atomic mass is 16.5. The minimum atomic E-state index is -0.824. The summed E-state index contributed by atoms with van der Waals surface area (Å²) in [6.07, 6.45) is 1.33. The van der Waals surface area contributed by atoms with Crippen molar-refractivity contribution in [3.63, 3.8) is 0 Å². The van der Waals surface area contributed by atoms with E-state index in [1.54, 1.807) is 39.3 Å². The number of ether oxygens (including phenoxy) is 3. The lowest BCUT2D eigenvalue weighted by atomic mass is 10.0. The number of benzene rings is 1. The van der Waals surface area contributed by atoms with E-state index >= 15 is 0 Å². The molecule has 108 valence electrons. The first-order chi connectivity index (χ1) is 9.00. The second-order valence-corrected chi connectivity index (χ2v) is 4.70. The van der Waals surface area contributed by atoms with Crippen LogP contribution in [0.5, 0.6) is 17.2 Å². The van der Waals surface area contributed by atoms with E-state index in [2.05, 4.69) is 0 Å². The van der Waals surface area contributed by atoms with Gasteiger partial charge in [-0.15, -0.1) is 0 Å². The molecule has 0 radical (unpaired) electrons. The molecule has 3 N–H and O–H groups in total. The number of aliphatic hydroxyl groups is 1. The van der Waals surface area contributed by atoms with Crippen molar-refractivity contribution in [2.24, 2.45) is 5.73 Å². The summed E-state index contributed by atoms with van der Waals surface area (Å²) in [6.45, 7) is 2.48. The Morgan fingerprint density at radius 1 is 1.11 bits per heavy atom. The van der Waals surface area contributed by atoms with E-state index in [1.165, 1.54) is 0 Å². The van der Waals surface area contributed by atoms with Gasteiger partial charge in [-0.3, -0.25) is 0 Å². The molecule has 0 aliphatic heterocycles. The lowest BCUT2D eigenvalue weighted by Crippen LogP contribution is -2.34. The maximum Gasteiger partial charge on any atom is 0.126 e. The molecule has 5 nitrogen and oxygen atoms in total. The van der Waals surface area contributed by atoms with Gasteiger partial charge in [0.25, 0.3) is 0 Å². The van der Waals surface area contributed by atoms with E-state index < -0.39 is 5.60 Å². The zero-order chi connectivity index (χ0) is 14.3. The molecule has 0 aliphatic carbocycles. The third kappa shape index (κ3) is 5.36. The minimum Gasteiger partial charge on any atom is -0.496 e. The summed E-state index contributed by atoms with van der Waals surface area (Å²) in [5, 5.41) is 9.76. The van der Waals surface area contributed by atoms with Crippen molar-refractivity contribution in [3.8, 4) is 17.2 Å². The third-order valence-electron chi connectivity index (χ3n) is 2.89. The summed E-state index contributed by atoms with van der Waals surface area (Å²) in [7, 11) is 3.19. The molecule has 0 aromatic heterocycles. The maximum absolute atomic E-state index is 9.76. The summed E-state index contributed by atoms with van der Waals surface area (Å²) in [6, 6.07) is 5.37. The molecule has 0 bridgehead atoms. The summed E-state index contributed by atoms with van der Waals surface area (Å²) < 4.78 is 15.9. The average molecular weight is 269 g/mol. The number of nitrogens with two attached hydrogens (primary N) is 1. The van der Waals surface area contributed by atoms with Crippen molar-refractivity contribution in [2.75, 3.05) is 27.4 Å². The molecular weight excluding hydrogens is 246 g/mol. The standard InChI is InChI=1S/C14H23NO4/c1-14(16,10-15)5-4-6-19-13-8-11(17-2)7-12(9-13)18-3/h7-9,16H,4-6,10,15H2,1-3H3. The Hall–Kier alpha value is -1.46. The summed E-state index contributed by atoms with van der Waals surface area (Å²) in [4.78, 5) is 0. The molecule has 1 rings (SSSR count). The molecule has 0 fully saturated rings. The van der Waals surface area contributed by atoms with Gasteiger partial charge in [-0.2, -0.15) is 0 Å². The van der Waals surface area contributed by atoms with Crippen LogP contribution in [0.4, 0.5) is 0 Å². The molecule has 0 aliphatic rings. The van der Waals surface area contributed by atoms with Crippen molar-refractivity contribution >= 4 is 0 Å². The third-order valence-corrected chi connectivity index (χ3v) is 2.89. The van der Waals surface area contributed by atoms with Crippen LogP contribution in [0, 0.1) is 0 Å². The Kier molecular flexibility index (Phi) is 5.92. The average Bonchev–Trinajstić information content (AvgIpc) is 2.43. The Labute approximate surface area is 114 Å². The molecule has 0 heterocycles. The van der Waals surface area contributed by atoms with Gasteiger partial charge >= 0.3 is 0 Å². The van der Waals surface area contributed by atoms with Gasteiger partial charge in [0.05, 0.1) is 26.4 Å². The van der Waals surface area contributed by atoms with Crippen LogP contribution in [0.2, 0.25) is 0 Å². The molecule has 19 heavy (non-hydrogen) atoms. The van der Waals surface area contributed by atoms with Crippen molar-refractivity contribution in [2.45, 2.75) is 25.4 Å². The Morgan fingerprint density at radius 3 is 2.11 bits per heavy atom. The monoisotopic (exact) mass is 269 g/mol. The van der Waals surface area contributed by atoms with E-state index in [-0.39, 0.29) is 6.54 Å². The predicted molar refractivity (Wildman–Crippen MR) is 74.0 cm³/mol. The fourth-order valence-electron chi connectivity index (χ4n) is 1.61. The van der Waals surface area contributed by atoms with Crippen LogP contribution in [-0.4, -0.2) is 38.1 Å². The number of methoxy groups -OCH3 is 2. The van der Waals surface area contributed by atoms with Crippen LogP contribution in [0.15, 0.2) is 18.2 Å². The zero-order valence-corrected chi connectivity index (χ0v) is 11.8. The molecular formula is C14H23NO4. The second-order valence-electron chi connectivity index (χ2n) is 4.70. The number of rotatable bonds is 8. The topological polar surface area (TPSA) is 73.9 Å². The van der Waals surface area contributed by atoms with Gasteiger partial charge in [0.15, 0.2) is 0 Å². The number of hydrogen-bond donors (Lipinski definition) is 2. The summed E-state index contributed by atoms with van der Waals surface area (Å²) in [5.41, 5.74) is 4.63. The Morgan fingerprint density at radius 2 is 1.63 bits per heavy atom. The molecule has 5 heteroatoms. The van der Waals surface area contributed by atoms with Crippen LogP contribution in [0.3, 0.4) is 0 Å². The first-order valence-electron chi connectivity index (χ1n) is 6.29. The van der Waals surface area contributed by atoms with Gasteiger partial charge in [-0.25, -0.2) is 0 Å². The largest absolute Gasteiger partial charge is 0.496 e. The molecule has 1 aromatic carbocycles. The Balaban J connectivity index is 2.49. The van der Waals surface area contributed by atoms with Crippen molar-refractivity contribution in [3.05, 3.63) is 18.2 Å². The van der Waals surface area contributed by atoms with Gasteiger partial charge in [-0.1, -0.05) is 0 Å². The zero-order valence-electron chi connectivity index (χ0n) is 11.8. The van der Waals surface area contributed by atoms with Crippen molar-refractivity contribution in [1.29, 1.82) is 0 Å². The minimum absolute atomic E-state index is 0.250. The van der Waals surface area contributed by atoms with Gasteiger partial charge in [0.2, 0.25) is 0 Å². The summed E-state index contributed by atoms with van der Waals surface area (Å²) >= 11 is 0. The quantitative estimate of drug-likeness (QED) is 0.701. The number of hydrogen-bond acceptors (Lipinski definition) is 5. The highest BCUT2D eigenvalue weighted by Gasteiger charge is 2.17. The fraction of sp³-hybridized carbons (Fsp3) is 0.571.